The number of fused-ring (bicyclic) bond motifs is 4. The number of carbonyl (C=O) groups excluding carboxylic acids is 1. The van der Waals surface area contributed by atoms with Gasteiger partial charge in [-0.15, -0.1) is 0 Å². The molecule has 4 aliphatic heterocycles. The minimum Gasteiger partial charge on any atom is -0.469 e. The van der Waals surface area contributed by atoms with Gasteiger partial charge in [0, 0.05) is 18.7 Å². The number of hydrogen-bond acceptors (Lipinski definition) is 5. The largest absolute Gasteiger partial charge is 0.469 e. The molecular weight excluding hydrogens is 316 g/mol. The first-order valence-electron chi connectivity index (χ1n) is 9.20. The molecule has 5 aliphatic rings. The number of hydrogen-bond donors (Lipinski definition) is 1. The van der Waals surface area contributed by atoms with Crippen LogP contribution in [0.4, 0.5) is 5.69 Å². The van der Waals surface area contributed by atoms with Crippen LogP contribution < -0.4 is 5.32 Å². The molecule has 1 aromatic carbocycles. The molecule has 25 heavy (non-hydrogen) atoms. The fourth-order valence-electron chi connectivity index (χ4n) is 6.75. The molecule has 5 heteroatoms. The summed E-state index contributed by atoms with van der Waals surface area (Å²) in [6.07, 6.45) is 4.10. The smallest absolute Gasteiger partial charge is 0.310 e. The first-order valence-corrected chi connectivity index (χ1v) is 9.20. The molecule has 4 heterocycles. The van der Waals surface area contributed by atoms with Crippen LogP contribution in [0.5, 0.6) is 0 Å². The van der Waals surface area contributed by atoms with Gasteiger partial charge in [-0.1, -0.05) is 29.8 Å². The standard InChI is InChI=1S/C20H22N2O3/c1-3-11-10-22-15-8-12(11)17(18(23)24-2)19-9-16(22)25-20(15,19)21-14-7-5-4-6-13(14)19/h3-7,12,15-17,21H,8-10H2,1-2H3/b11-3-/t12-,15-,16-,17+,19-,20-/m1/s1. The van der Waals surface area contributed by atoms with E-state index in [0.717, 1.165) is 25.1 Å². The Balaban J connectivity index is 1.67. The van der Waals surface area contributed by atoms with Gasteiger partial charge in [0.2, 0.25) is 0 Å². The van der Waals surface area contributed by atoms with E-state index >= 15 is 0 Å². The van der Waals surface area contributed by atoms with Crippen LogP contribution in [-0.2, 0) is 19.7 Å². The number of piperidine rings is 2. The topological polar surface area (TPSA) is 50.8 Å². The van der Waals surface area contributed by atoms with Gasteiger partial charge in [-0.3, -0.25) is 9.69 Å². The predicted octanol–water partition coefficient (Wildman–Crippen LogP) is 2.25. The van der Waals surface area contributed by atoms with E-state index in [1.54, 1.807) is 0 Å². The molecule has 4 fully saturated rings. The number of nitrogens with one attached hydrogen (secondary N) is 1. The normalized spacial score (nSPS) is 46.9. The van der Waals surface area contributed by atoms with Crippen molar-refractivity contribution in [3.63, 3.8) is 0 Å². The van der Waals surface area contributed by atoms with E-state index in [1.807, 2.05) is 0 Å². The van der Waals surface area contributed by atoms with Crippen molar-refractivity contribution in [2.45, 2.75) is 43.2 Å². The number of anilines is 1. The van der Waals surface area contributed by atoms with Gasteiger partial charge in [-0.25, -0.2) is 0 Å². The maximum Gasteiger partial charge on any atom is 0.310 e. The summed E-state index contributed by atoms with van der Waals surface area (Å²) in [6, 6.07) is 8.74. The molecule has 3 saturated heterocycles. The van der Waals surface area contributed by atoms with Crippen LogP contribution in [0.1, 0.15) is 25.3 Å². The maximum atomic E-state index is 13.1. The van der Waals surface area contributed by atoms with Crippen molar-refractivity contribution < 1.29 is 14.3 Å². The van der Waals surface area contributed by atoms with Gasteiger partial charge >= 0.3 is 5.97 Å². The number of methoxy groups -OCH3 is 1. The van der Waals surface area contributed by atoms with Crippen molar-refractivity contribution in [1.82, 2.24) is 4.90 Å². The third-order valence-corrected chi connectivity index (χ3v) is 7.53. The minimum absolute atomic E-state index is 0.0780. The molecule has 0 radical (unpaired) electrons. The van der Waals surface area contributed by atoms with E-state index in [2.05, 4.69) is 47.5 Å². The summed E-state index contributed by atoms with van der Waals surface area (Å²) < 4.78 is 12.0. The number of nitrogens with zero attached hydrogens (tertiary/aromatic N) is 1. The zero-order valence-corrected chi connectivity index (χ0v) is 14.5. The van der Waals surface area contributed by atoms with Crippen LogP contribution in [-0.4, -0.2) is 42.5 Å². The lowest BCUT2D eigenvalue weighted by atomic mass is 9.49. The van der Waals surface area contributed by atoms with Gasteiger partial charge in [-0.05, 0) is 30.9 Å². The van der Waals surface area contributed by atoms with Crippen molar-refractivity contribution >= 4 is 11.7 Å². The zero-order chi connectivity index (χ0) is 17.0. The SMILES string of the molecule is C/C=C1/CN2[C@H]3C[C@]45c6ccccc6N[C@@]4(O3)[C@H]2C[C@H]1[C@H]5C(=O)OC. The van der Waals surface area contributed by atoms with Crippen molar-refractivity contribution in [2.24, 2.45) is 11.8 Å². The molecule has 1 saturated carbocycles. The summed E-state index contributed by atoms with van der Waals surface area (Å²) >= 11 is 0. The second kappa shape index (κ2) is 4.27. The number of esters is 1. The maximum absolute atomic E-state index is 13.1. The average Bonchev–Trinajstić information content (AvgIpc) is 3.22. The summed E-state index contributed by atoms with van der Waals surface area (Å²) in [5, 5.41) is 3.73. The second-order valence-electron chi connectivity index (χ2n) is 8.05. The van der Waals surface area contributed by atoms with Gasteiger partial charge in [0.25, 0.3) is 0 Å². The van der Waals surface area contributed by atoms with E-state index in [1.165, 1.54) is 18.2 Å². The molecule has 5 nitrogen and oxygen atoms in total. The molecule has 1 spiro atoms. The number of rotatable bonds is 1. The van der Waals surface area contributed by atoms with Crippen LogP contribution in [0, 0.1) is 11.8 Å². The van der Waals surface area contributed by atoms with E-state index in [9.17, 15) is 4.79 Å². The van der Waals surface area contributed by atoms with Crippen molar-refractivity contribution in [3.8, 4) is 0 Å². The summed E-state index contributed by atoms with van der Waals surface area (Å²) in [7, 11) is 1.52. The van der Waals surface area contributed by atoms with E-state index in [0.29, 0.717) is 6.04 Å². The fourth-order valence-corrected chi connectivity index (χ4v) is 6.75. The molecule has 1 aromatic rings. The van der Waals surface area contributed by atoms with Gasteiger partial charge in [0.15, 0.2) is 5.72 Å². The number of benzene rings is 1. The Labute approximate surface area is 147 Å². The van der Waals surface area contributed by atoms with Crippen molar-refractivity contribution in [2.75, 3.05) is 19.0 Å². The van der Waals surface area contributed by atoms with Crippen LogP contribution >= 0.6 is 0 Å². The number of allylic oxidation sites excluding steroid dienone is 1. The second-order valence-corrected chi connectivity index (χ2v) is 8.05. The molecular formula is C20H22N2O3. The van der Waals surface area contributed by atoms with Crippen molar-refractivity contribution in [1.29, 1.82) is 0 Å². The van der Waals surface area contributed by atoms with Crippen LogP contribution in [0.3, 0.4) is 0 Å². The predicted molar refractivity (Wildman–Crippen MR) is 91.8 cm³/mol. The Hall–Kier alpha value is -1.85. The van der Waals surface area contributed by atoms with E-state index < -0.39 is 5.72 Å². The van der Waals surface area contributed by atoms with Crippen LogP contribution in [0.25, 0.3) is 0 Å². The quantitative estimate of drug-likeness (QED) is 0.629. The molecule has 6 atom stereocenters. The van der Waals surface area contributed by atoms with Gasteiger partial charge in [-0.2, -0.15) is 0 Å². The fraction of sp³-hybridized carbons (Fsp3) is 0.550. The molecule has 130 valence electrons. The van der Waals surface area contributed by atoms with Crippen molar-refractivity contribution in [3.05, 3.63) is 41.5 Å². The summed E-state index contributed by atoms with van der Waals surface area (Å²) in [6.45, 7) is 2.99. The Morgan fingerprint density at radius 2 is 2.28 bits per heavy atom. The minimum atomic E-state index is -0.490. The summed E-state index contributed by atoms with van der Waals surface area (Å²) in [5.41, 5.74) is 2.89. The molecule has 1 aliphatic carbocycles. The van der Waals surface area contributed by atoms with Gasteiger partial charge < -0.3 is 14.8 Å². The zero-order valence-electron chi connectivity index (χ0n) is 14.5. The highest BCUT2D eigenvalue weighted by molar-refractivity contribution is 5.81. The molecule has 1 N–H and O–H groups in total. The van der Waals surface area contributed by atoms with Crippen LogP contribution in [0.15, 0.2) is 35.9 Å². The lowest BCUT2D eigenvalue weighted by Crippen LogP contribution is -2.73. The highest BCUT2D eigenvalue weighted by Gasteiger charge is 2.82. The van der Waals surface area contributed by atoms with E-state index in [-0.39, 0.29) is 29.4 Å². The van der Waals surface area contributed by atoms with Gasteiger partial charge in [0.1, 0.15) is 6.23 Å². The molecule has 0 amide bonds. The molecule has 0 unspecified atom stereocenters. The molecule has 0 aromatic heterocycles. The molecule has 6 rings (SSSR count). The number of ether oxygens (including phenoxy) is 2. The van der Waals surface area contributed by atoms with E-state index in [4.69, 9.17) is 9.47 Å². The third kappa shape index (κ3) is 1.30. The first kappa shape index (κ1) is 14.3. The highest BCUT2D eigenvalue weighted by Crippen LogP contribution is 2.72. The monoisotopic (exact) mass is 338 g/mol. The van der Waals surface area contributed by atoms with Crippen LogP contribution in [0.2, 0.25) is 0 Å². The lowest BCUT2D eigenvalue weighted by molar-refractivity contribution is -0.161. The highest BCUT2D eigenvalue weighted by atomic mass is 16.6. The Morgan fingerprint density at radius 3 is 3.08 bits per heavy atom. The van der Waals surface area contributed by atoms with Gasteiger partial charge in [0.05, 0.1) is 24.5 Å². The summed E-state index contributed by atoms with van der Waals surface area (Å²) in [4.78, 5) is 15.6. The Kier molecular flexibility index (Phi) is 2.45. The molecule has 4 bridgehead atoms. The lowest BCUT2D eigenvalue weighted by Gasteiger charge is -2.60. The number of carbonyl (C=O) groups is 1. The third-order valence-electron chi connectivity index (χ3n) is 7.53. The Bertz CT molecular complexity index is 836. The first-order chi connectivity index (χ1) is 12.2. The Morgan fingerprint density at radius 1 is 1.44 bits per heavy atom. The average molecular weight is 338 g/mol. The number of para-hydroxylation sites is 1. The summed E-state index contributed by atoms with van der Waals surface area (Å²) in [5.74, 6) is -0.0451.